The van der Waals surface area contributed by atoms with Crippen molar-refractivity contribution in [3.8, 4) is 0 Å². The summed E-state index contributed by atoms with van der Waals surface area (Å²) in [6.45, 7) is 0. The van der Waals surface area contributed by atoms with Gasteiger partial charge in [0.05, 0.1) is 5.56 Å². The van der Waals surface area contributed by atoms with Crippen molar-refractivity contribution in [1.82, 2.24) is 5.32 Å². The molecule has 20 heavy (non-hydrogen) atoms. The maximum Gasteiger partial charge on any atom is 0.327 e. The molecule has 0 aliphatic heterocycles. The van der Waals surface area contributed by atoms with Crippen LogP contribution in [-0.2, 0) is 4.79 Å². The van der Waals surface area contributed by atoms with E-state index in [9.17, 15) is 14.0 Å². The van der Waals surface area contributed by atoms with Crippen LogP contribution in [0.4, 0.5) is 4.39 Å². The van der Waals surface area contributed by atoms with Crippen LogP contribution in [0.1, 0.15) is 10.4 Å². The first kappa shape index (κ1) is 14.3. The Kier molecular flexibility index (Phi) is 4.24. The summed E-state index contributed by atoms with van der Waals surface area (Å²) in [4.78, 5) is 23.0. The maximum absolute atomic E-state index is 13.9. The number of aliphatic carboxylic acids is 1. The van der Waals surface area contributed by atoms with Crippen LogP contribution in [0, 0.1) is 5.82 Å². The van der Waals surface area contributed by atoms with E-state index in [4.69, 9.17) is 5.11 Å². The molecule has 2 N–H and O–H groups in total. The molecular weight excluding hydrogens is 281 g/mol. The zero-order chi connectivity index (χ0) is 14.7. The molecule has 0 aliphatic rings. The van der Waals surface area contributed by atoms with Gasteiger partial charge in [0.25, 0.3) is 5.91 Å². The van der Waals surface area contributed by atoms with Gasteiger partial charge >= 0.3 is 5.97 Å². The highest BCUT2D eigenvalue weighted by Gasteiger charge is 2.22. The third-order valence-electron chi connectivity index (χ3n) is 2.89. The molecule has 0 fully saturated rings. The minimum atomic E-state index is -1.21. The Morgan fingerprint density at radius 2 is 1.95 bits per heavy atom. The average molecular weight is 293 g/mol. The number of halogens is 1. The van der Waals surface area contributed by atoms with Crippen molar-refractivity contribution in [2.45, 2.75) is 6.04 Å². The normalized spacial score (nSPS) is 12.1. The number of thiol groups is 1. The lowest BCUT2D eigenvalue weighted by Gasteiger charge is -2.13. The van der Waals surface area contributed by atoms with Crippen LogP contribution in [-0.4, -0.2) is 28.8 Å². The molecule has 0 saturated heterocycles. The molecule has 0 radical (unpaired) electrons. The van der Waals surface area contributed by atoms with Gasteiger partial charge in [0.1, 0.15) is 11.9 Å². The monoisotopic (exact) mass is 293 g/mol. The number of carboxylic acid groups (broad SMARTS) is 1. The van der Waals surface area contributed by atoms with Crippen molar-refractivity contribution >= 4 is 35.3 Å². The lowest BCUT2D eigenvalue weighted by atomic mass is 10.0. The molecule has 104 valence electrons. The van der Waals surface area contributed by atoms with Crippen LogP contribution in [0.25, 0.3) is 10.8 Å². The zero-order valence-corrected chi connectivity index (χ0v) is 11.2. The molecule has 2 aromatic carbocycles. The largest absolute Gasteiger partial charge is 0.480 e. The summed E-state index contributed by atoms with van der Waals surface area (Å²) in [7, 11) is 0. The van der Waals surface area contributed by atoms with E-state index in [2.05, 4.69) is 17.9 Å². The number of carbonyl (C=O) groups excluding carboxylic acids is 1. The molecule has 0 aromatic heterocycles. The van der Waals surface area contributed by atoms with Crippen LogP contribution in [0.3, 0.4) is 0 Å². The van der Waals surface area contributed by atoms with E-state index in [1.807, 2.05) is 0 Å². The second kappa shape index (κ2) is 5.92. The summed E-state index contributed by atoms with van der Waals surface area (Å²) < 4.78 is 13.9. The van der Waals surface area contributed by atoms with Crippen LogP contribution in [0.2, 0.25) is 0 Å². The molecule has 0 aliphatic carbocycles. The van der Waals surface area contributed by atoms with E-state index < -0.39 is 23.7 Å². The van der Waals surface area contributed by atoms with Crippen molar-refractivity contribution < 1.29 is 19.1 Å². The molecule has 0 spiro atoms. The van der Waals surface area contributed by atoms with Gasteiger partial charge in [0.2, 0.25) is 0 Å². The van der Waals surface area contributed by atoms with Crippen molar-refractivity contribution in [1.29, 1.82) is 0 Å². The minimum Gasteiger partial charge on any atom is -0.480 e. The first-order chi connectivity index (χ1) is 9.54. The second-order valence-electron chi connectivity index (χ2n) is 4.19. The molecule has 6 heteroatoms. The Morgan fingerprint density at radius 3 is 2.60 bits per heavy atom. The highest BCUT2D eigenvalue weighted by atomic mass is 32.1. The third kappa shape index (κ3) is 2.75. The van der Waals surface area contributed by atoms with E-state index in [0.29, 0.717) is 10.8 Å². The number of carboxylic acids is 1. The number of amides is 1. The van der Waals surface area contributed by atoms with Gasteiger partial charge in [0.15, 0.2) is 0 Å². The second-order valence-corrected chi connectivity index (χ2v) is 4.56. The minimum absolute atomic E-state index is 0.0759. The van der Waals surface area contributed by atoms with Crippen molar-refractivity contribution in [3.63, 3.8) is 0 Å². The fourth-order valence-electron chi connectivity index (χ4n) is 1.89. The van der Waals surface area contributed by atoms with E-state index in [1.54, 1.807) is 30.3 Å². The van der Waals surface area contributed by atoms with Crippen molar-refractivity contribution in [3.05, 3.63) is 47.8 Å². The Morgan fingerprint density at radius 1 is 1.25 bits per heavy atom. The Hall–Kier alpha value is -2.08. The summed E-state index contributed by atoms with van der Waals surface area (Å²) in [6, 6.07) is 8.41. The summed E-state index contributed by atoms with van der Waals surface area (Å²) in [6.07, 6.45) is 0. The summed E-state index contributed by atoms with van der Waals surface area (Å²) in [5.41, 5.74) is -0.156. The fourth-order valence-corrected chi connectivity index (χ4v) is 2.14. The van der Waals surface area contributed by atoms with E-state index >= 15 is 0 Å². The quantitative estimate of drug-likeness (QED) is 0.756. The van der Waals surface area contributed by atoms with Gasteiger partial charge in [-0.25, -0.2) is 9.18 Å². The fraction of sp³-hybridized carbons (Fsp3) is 0.143. The lowest BCUT2D eigenvalue weighted by molar-refractivity contribution is -0.138. The molecule has 0 saturated carbocycles. The van der Waals surface area contributed by atoms with Gasteiger partial charge in [-0.15, -0.1) is 0 Å². The smallest absolute Gasteiger partial charge is 0.327 e. The lowest BCUT2D eigenvalue weighted by Crippen LogP contribution is -2.42. The predicted molar refractivity (Wildman–Crippen MR) is 76.6 cm³/mol. The molecule has 0 unspecified atom stereocenters. The van der Waals surface area contributed by atoms with Gasteiger partial charge < -0.3 is 10.4 Å². The third-order valence-corrected chi connectivity index (χ3v) is 3.26. The zero-order valence-electron chi connectivity index (χ0n) is 10.3. The van der Waals surface area contributed by atoms with Crippen LogP contribution in [0.15, 0.2) is 36.4 Å². The molecule has 0 bridgehead atoms. The van der Waals surface area contributed by atoms with Gasteiger partial charge in [-0.1, -0.05) is 30.3 Å². The Balaban J connectivity index is 2.44. The predicted octanol–water partition coefficient (Wildman–Crippen LogP) is 2.09. The first-order valence-electron chi connectivity index (χ1n) is 5.86. The van der Waals surface area contributed by atoms with E-state index in [1.165, 1.54) is 6.07 Å². The van der Waals surface area contributed by atoms with Gasteiger partial charge in [-0.05, 0) is 16.8 Å². The van der Waals surface area contributed by atoms with Crippen LogP contribution >= 0.6 is 12.6 Å². The number of fused-ring (bicyclic) bond motifs is 1. The Bertz CT molecular complexity index is 675. The van der Waals surface area contributed by atoms with Gasteiger partial charge in [-0.2, -0.15) is 12.6 Å². The number of benzene rings is 2. The number of hydrogen-bond donors (Lipinski definition) is 3. The number of nitrogens with one attached hydrogen (secondary N) is 1. The summed E-state index contributed by atoms with van der Waals surface area (Å²) in [5.74, 6) is -2.74. The molecule has 1 amide bonds. The van der Waals surface area contributed by atoms with Gasteiger partial charge in [0, 0.05) is 5.75 Å². The topological polar surface area (TPSA) is 66.4 Å². The van der Waals surface area contributed by atoms with Crippen molar-refractivity contribution in [2.24, 2.45) is 0 Å². The molecule has 0 heterocycles. The van der Waals surface area contributed by atoms with Crippen molar-refractivity contribution in [2.75, 3.05) is 5.75 Å². The molecule has 2 rings (SSSR count). The molecule has 2 aromatic rings. The number of carbonyl (C=O) groups is 2. The molecule has 1 atom stereocenters. The average Bonchev–Trinajstić information content (AvgIpc) is 2.44. The number of hydrogen-bond acceptors (Lipinski definition) is 3. The molecule has 4 nitrogen and oxygen atoms in total. The van der Waals surface area contributed by atoms with E-state index in [-0.39, 0.29) is 11.3 Å². The highest BCUT2D eigenvalue weighted by Crippen LogP contribution is 2.21. The molecular formula is C14H12FNO3S. The summed E-state index contributed by atoms with van der Waals surface area (Å²) in [5, 5.41) is 12.3. The van der Waals surface area contributed by atoms with Gasteiger partial charge in [-0.3, -0.25) is 4.79 Å². The number of rotatable bonds is 4. The highest BCUT2D eigenvalue weighted by molar-refractivity contribution is 7.80. The first-order valence-corrected chi connectivity index (χ1v) is 6.49. The van der Waals surface area contributed by atoms with Crippen LogP contribution in [0.5, 0.6) is 0 Å². The summed E-state index contributed by atoms with van der Waals surface area (Å²) >= 11 is 3.85. The Labute approximate surface area is 120 Å². The van der Waals surface area contributed by atoms with E-state index in [0.717, 1.165) is 0 Å². The maximum atomic E-state index is 13.9. The SMILES string of the molecule is O=C(N[C@@H](CS)C(=O)O)c1c(F)ccc2ccccc12. The standard InChI is InChI=1S/C14H12FNO3S/c15-10-6-5-8-3-1-2-4-9(8)12(10)13(17)16-11(7-20)14(18)19/h1-6,11,20H,7H2,(H,16,17)(H,18,19)/t11-/m0/s1. The van der Waals surface area contributed by atoms with Crippen LogP contribution < -0.4 is 5.32 Å².